The van der Waals surface area contributed by atoms with Crippen molar-refractivity contribution in [2.75, 3.05) is 13.1 Å². The van der Waals surface area contributed by atoms with Gasteiger partial charge >= 0.3 is 0 Å². The molecule has 1 aromatic carbocycles. The predicted molar refractivity (Wildman–Crippen MR) is 76.4 cm³/mol. The van der Waals surface area contributed by atoms with Crippen LogP contribution in [0.25, 0.3) is 0 Å². The van der Waals surface area contributed by atoms with Crippen LogP contribution in [0.1, 0.15) is 44.7 Å². The molecule has 0 heterocycles. The van der Waals surface area contributed by atoms with Gasteiger partial charge in [0.1, 0.15) is 5.82 Å². The fourth-order valence-corrected chi connectivity index (χ4v) is 2.04. The summed E-state index contributed by atoms with van der Waals surface area (Å²) in [5.41, 5.74) is 2.27. The van der Waals surface area contributed by atoms with Crippen molar-refractivity contribution in [3.63, 3.8) is 0 Å². The highest BCUT2D eigenvalue weighted by Gasteiger charge is 2.17. The predicted octanol–water partition coefficient (Wildman–Crippen LogP) is 4.09. The minimum Gasteiger partial charge on any atom is -0.316 e. The average molecular weight is 251 g/mol. The molecule has 1 rings (SSSR count). The van der Waals surface area contributed by atoms with E-state index in [4.69, 9.17) is 0 Å². The monoisotopic (exact) mass is 251 g/mol. The minimum atomic E-state index is -0.109. The van der Waals surface area contributed by atoms with Crippen molar-refractivity contribution in [1.29, 1.82) is 0 Å². The zero-order chi connectivity index (χ0) is 13.6. The van der Waals surface area contributed by atoms with Gasteiger partial charge < -0.3 is 5.32 Å². The lowest BCUT2D eigenvalue weighted by molar-refractivity contribution is 0.315. The highest BCUT2D eigenvalue weighted by molar-refractivity contribution is 5.24. The normalized spacial score (nSPS) is 11.8. The molecule has 0 saturated carbocycles. The Bertz CT molecular complexity index is 371. The first-order chi connectivity index (χ1) is 8.44. The highest BCUT2D eigenvalue weighted by Crippen LogP contribution is 2.22. The Morgan fingerprint density at radius 1 is 1.28 bits per heavy atom. The summed E-state index contributed by atoms with van der Waals surface area (Å²) >= 11 is 0. The third-order valence-corrected chi connectivity index (χ3v) is 3.34. The molecule has 0 aromatic heterocycles. The lowest BCUT2D eigenvalue weighted by atomic mass is 9.86. The lowest BCUT2D eigenvalue weighted by Crippen LogP contribution is -2.30. The summed E-state index contributed by atoms with van der Waals surface area (Å²) in [6.45, 7) is 10.7. The average Bonchev–Trinajstić information content (AvgIpc) is 2.31. The van der Waals surface area contributed by atoms with E-state index in [1.807, 2.05) is 19.1 Å². The number of benzene rings is 1. The van der Waals surface area contributed by atoms with Crippen molar-refractivity contribution in [2.24, 2.45) is 5.41 Å². The molecule has 0 amide bonds. The number of hydrogen-bond acceptors (Lipinski definition) is 1. The molecule has 102 valence electrons. The van der Waals surface area contributed by atoms with E-state index in [-0.39, 0.29) is 11.2 Å². The van der Waals surface area contributed by atoms with Crippen LogP contribution in [0.4, 0.5) is 4.39 Å². The van der Waals surface area contributed by atoms with E-state index >= 15 is 0 Å². The van der Waals surface area contributed by atoms with Gasteiger partial charge in [-0.05, 0) is 55.3 Å². The molecule has 0 aliphatic carbocycles. The molecule has 0 unspecified atom stereocenters. The van der Waals surface area contributed by atoms with E-state index in [2.05, 4.69) is 26.1 Å². The molecule has 0 aliphatic rings. The Labute approximate surface area is 111 Å². The first-order valence-corrected chi connectivity index (χ1v) is 6.90. The van der Waals surface area contributed by atoms with E-state index in [9.17, 15) is 4.39 Å². The van der Waals surface area contributed by atoms with E-state index in [0.717, 1.165) is 31.5 Å². The fourth-order valence-electron chi connectivity index (χ4n) is 2.04. The molecule has 18 heavy (non-hydrogen) atoms. The smallest absolute Gasteiger partial charge is 0.126 e. The molecule has 0 fully saturated rings. The summed E-state index contributed by atoms with van der Waals surface area (Å²) in [5, 5.41) is 3.47. The first kappa shape index (κ1) is 15.2. The van der Waals surface area contributed by atoms with Gasteiger partial charge in [-0.25, -0.2) is 4.39 Å². The highest BCUT2D eigenvalue weighted by atomic mass is 19.1. The molecule has 0 saturated heterocycles. The third kappa shape index (κ3) is 5.18. The Hall–Kier alpha value is -0.890. The van der Waals surface area contributed by atoms with Crippen molar-refractivity contribution < 1.29 is 4.39 Å². The van der Waals surface area contributed by atoms with Crippen LogP contribution in [0.5, 0.6) is 0 Å². The summed E-state index contributed by atoms with van der Waals surface area (Å²) in [7, 11) is 0. The third-order valence-electron chi connectivity index (χ3n) is 3.34. The maximum atomic E-state index is 13.2. The van der Waals surface area contributed by atoms with E-state index in [1.165, 1.54) is 12.0 Å². The SMILES string of the molecule is CCCNCC(C)(C)CCc1ccc(F)c(C)c1. The molecule has 1 N–H and O–H groups in total. The lowest BCUT2D eigenvalue weighted by Gasteiger charge is -2.25. The Morgan fingerprint density at radius 3 is 2.61 bits per heavy atom. The standard InChI is InChI=1S/C16H26FN/c1-5-10-18-12-16(3,4)9-8-14-6-7-15(17)13(2)11-14/h6-7,11,18H,5,8-10,12H2,1-4H3. The molecule has 0 aliphatic heterocycles. The van der Waals surface area contributed by atoms with Crippen LogP contribution in [0.3, 0.4) is 0 Å². The van der Waals surface area contributed by atoms with Crippen molar-refractivity contribution >= 4 is 0 Å². The maximum absolute atomic E-state index is 13.2. The zero-order valence-electron chi connectivity index (χ0n) is 12.1. The molecular formula is C16H26FN. The van der Waals surface area contributed by atoms with Crippen molar-refractivity contribution in [2.45, 2.75) is 47.0 Å². The van der Waals surface area contributed by atoms with Crippen LogP contribution in [-0.2, 0) is 6.42 Å². The van der Waals surface area contributed by atoms with Crippen LogP contribution in [0, 0.1) is 18.2 Å². The molecule has 2 heteroatoms. The van der Waals surface area contributed by atoms with Gasteiger partial charge in [-0.15, -0.1) is 0 Å². The van der Waals surface area contributed by atoms with Crippen LogP contribution in [0.2, 0.25) is 0 Å². The van der Waals surface area contributed by atoms with Crippen molar-refractivity contribution in [3.05, 3.63) is 35.1 Å². The number of nitrogens with one attached hydrogen (secondary N) is 1. The van der Waals surface area contributed by atoms with Crippen molar-refractivity contribution in [3.8, 4) is 0 Å². The summed E-state index contributed by atoms with van der Waals surface area (Å²) in [6, 6.07) is 5.44. The van der Waals surface area contributed by atoms with E-state index < -0.39 is 0 Å². The first-order valence-electron chi connectivity index (χ1n) is 6.90. The second-order valence-corrected chi connectivity index (χ2v) is 5.92. The van der Waals surface area contributed by atoms with Crippen LogP contribution < -0.4 is 5.32 Å². The molecule has 1 aromatic rings. The van der Waals surface area contributed by atoms with Gasteiger partial charge in [0.2, 0.25) is 0 Å². The summed E-state index contributed by atoms with van der Waals surface area (Å²) in [4.78, 5) is 0. The number of aryl methyl sites for hydroxylation is 2. The molecule has 0 spiro atoms. The largest absolute Gasteiger partial charge is 0.316 e. The van der Waals surface area contributed by atoms with Gasteiger partial charge in [-0.2, -0.15) is 0 Å². The number of hydrogen-bond donors (Lipinski definition) is 1. The molecule has 0 radical (unpaired) electrons. The zero-order valence-corrected chi connectivity index (χ0v) is 12.1. The fraction of sp³-hybridized carbons (Fsp3) is 0.625. The second-order valence-electron chi connectivity index (χ2n) is 5.92. The number of halogens is 1. The molecule has 1 nitrogen and oxygen atoms in total. The van der Waals surface area contributed by atoms with Crippen molar-refractivity contribution in [1.82, 2.24) is 5.32 Å². The van der Waals surface area contributed by atoms with Gasteiger partial charge in [0.25, 0.3) is 0 Å². The van der Waals surface area contributed by atoms with Gasteiger partial charge in [-0.1, -0.05) is 32.9 Å². The maximum Gasteiger partial charge on any atom is 0.126 e. The van der Waals surface area contributed by atoms with Crippen LogP contribution >= 0.6 is 0 Å². The van der Waals surface area contributed by atoms with Crippen LogP contribution in [-0.4, -0.2) is 13.1 Å². The Morgan fingerprint density at radius 2 is 2.00 bits per heavy atom. The molecular weight excluding hydrogens is 225 g/mol. The number of rotatable bonds is 7. The summed E-state index contributed by atoms with van der Waals surface area (Å²) < 4.78 is 13.2. The summed E-state index contributed by atoms with van der Waals surface area (Å²) in [5.74, 6) is -0.109. The van der Waals surface area contributed by atoms with Gasteiger partial charge in [0.15, 0.2) is 0 Å². The van der Waals surface area contributed by atoms with Gasteiger partial charge in [0, 0.05) is 6.54 Å². The van der Waals surface area contributed by atoms with Gasteiger partial charge in [0.05, 0.1) is 0 Å². The Balaban J connectivity index is 2.45. The molecule has 0 atom stereocenters. The van der Waals surface area contributed by atoms with E-state index in [1.54, 1.807) is 6.07 Å². The molecule has 0 bridgehead atoms. The summed E-state index contributed by atoms with van der Waals surface area (Å²) in [6.07, 6.45) is 3.31. The quantitative estimate of drug-likeness (QED) is 0.720. The second kappa shape index (κ2) is 6.89. The van der Waals surface area contributed by atoms with Gasteiger partial charge in [-0.3, -0.25) is 0 Å². The van der Waals surface area contributed by atoms with Crippen LogP contribution in [0.15, 0.2) is 18.2 Å². The Kier molecular flexibility index (Phi) is 5.80. The minimum absolute atomic E-state index is 0.109. The van der Waals surface area contributed by atoms with E-state index in [0.29, 0.717) is 0 Å². The topological polar surface area (TPSA) is 12.0 Å².